The predicted molar refractivity (Wildman–Crippen MR) is 147 cm³/mol. The van der Waals surface area contributed by atoms with Gasteiger partial charge in [0.2, 0.25) is 5.91 Å². The summed E-state index contributed by atoms with van der Waals surface area (Å²) in [7, 11) is 0. The number of carbonyl (C=O) groups is 2. The van der Waals surface area contributed by atoms with Crippen LogP contribution in [0.5, 0.6) is 0 Å². The van der Waals surface area contributed by atoms with Crippen molar-refractivity contribution < 1.29 is 14.3 Å². The third-order valence-corrected chi connectivity index (χ3v) is 7.99. The first kappa shape index (κ1) is 27.7. The van der Waals surface area contributed by atoms with Crippen LogP contribution in [0.4, 0.5) is 10.6 Å². The Kier molecular flexibility index (Phi) is 8.66. The number of benzene rings is 1. The van der Waals surface area contributed by atoms with E-state index in [1.165, 1.54) is 0 Å². The number of halogens is 2. The summed E-state index contributed by atoms with van der Waals surface area (Å²) in [5, 5.41) is 4.05. The van der Waals surface area contributed by atoms with Crippen LogP contribution in [-0.4, -0.2) is 59.7 Å². The SMILES string of the molecule is CC(C)(C)OC(=O)NC1CCN(CCC2(c3ccc(Cl)c(Cl)c3)CCC(=O)N(c3ccccn3)C2)CC1. The second-order valence-electron chi connectivity index (χ2n) is 11.1. The number of nitrogens with zero attached hydrogens (tertiary/aromatic N) is 3. The Hall–Kier alpha value is -2.35. The number of ether oxygens (including phenoxy) is 1. The van der Waals surface area contributed by atoms with Crippen LogP contribution in [0.2, 0.25) is 10.0 Å². The van der Waals surface area contributed by atoms with Crippen molar-refractivity contribution in [2.75, 3.05) is 31.1 Å². The number of rotatable bonds is 6. The zero-order valence-corrected chi connectivity index (χ0v) is 23.3. The lowest BCUT2D eigenvalue weighted by molar-refractivity contribution is -0.120. The van der Waals surface area contributed by atoms with Gasteiger partial charge in [-0.3, -0.25) is 9.69 Å². The molecule has 0 aliphatic carbocycles. The fourth-order valence-corrected chi connectivity index (χ4v) is 5.53. The van der Waals surface area contributed by atoms with E-state index in [9.17, 15) is 9.59 Å². The highest BCUT2D eigenvalue weighted by Gasteiger charge is 2.41. The van der Waals surface area contributed by atoms with E-state index < -0.39 is 5.60 Å². The van der Waals surface area contributed by atoms with E-state index in [1.54, 1.807) is 6.20 Å². The summed E-state index contributed by atoms with van der Waals surface area (Å²) in [5.41, 5.74) is 0.316. The van der Waals surface area contributed by atoms with Crippen molar-refractivity contribution >= 4 is 41.0 Å². The van der Waals surface area contributed by atoms with E-state index >= 15 is 0 Å². The van der Waals surface area contributed by atoms with Gasteiger partial charge in [0.15, 0.2) is 0 Å². The monoisotopic (exact) mass is 546 g/mol. The first-order valence-corrected chi connectivity index (χ1v) is 13.7. The van der Waals surface area contributed by atoms with Crippen molar-refractivity contribution in [1.29, 1.82) is 0 Å². The van der Waals surface area contributed by atoms with Crippen LogP contribution in [0.25, 0.3) is 0 Å². The minimum atomic E-state index is -0.506. The van der Waals surface area contributed by atoms with E-state index in [2.05, 4.69) is 15.2 Å². The number of anilines is 1. The third-order valence-electron chi connectivity index (χ3n) is 7.25. The Bertz CT molecular complexity index is 1100. The standard InChI is InChI=1S/C28H36Cl2N4O3/c1-27(2,3)37-26(36)32-21-10-15-33(16-11-21)17-13-28(20-7-8-22(29)23(30)18-20)12-9-25(35)34(19-28)24-6-4-5-14-31-24/h4-8,14,18,21H,9-13,15-17,19H2,1-3H3,(H,32,36). The molecule has 4 rings (SSSR count). The van der Waals surface area contributed by atoms with E-state index in [4.69, 9.17) is 27.9 Å². The number of hydrogen-bond acceptors (Lipinski definition) is 5. The topological polar surface area (TPSA) is 74.8 Å². The molecule has 1 unspecified atom stereocenters. The van der Waals surface area contributed by atoms with Crippen molar-refractivity contribution in [3.05, 3.63) is 58.2 Å². The van der Waals surface area contributed by atoms with Gasteiger partial charge >= 0.3 is 6.09 Å². The number of alkyl carbamates (subject to hydrolysis) is 1. The number of likely N-dealkylation sites (tertiary alicyclic amines) is 1. The molecule has 1 N–H and O–H groups in total. The zero-order chi connectivity index (χ0) is 26.6. The molecule has 1 aromatic carbocycles. The van der Waals surface area contributed by atoms with Crippen LogP contribution in [0.1, 0.15) is 58.4 Å². The average molecular weight is 548 g/mol. The smallest absolute Gasteiger partial charge is 0.407 e. The molecule has 200 valence electrons. The molecule has 37 heavy (non-hydrogen) atoms. The van der Waals surface area contributed by atoms with Crippen LogP contribution in [0, 0.1) is 0 Å². The predicted octanol–water partition coefficient (Wildman–Crippen LogP) is 5.83. The summed E-state index contributed by atoms with van der Waals surface area (Å²) in [6, 6.07) is 11.6. The Morgan fingerprint density at radius 3 is 2.57 bits per heavy atom. The molecule has 2 fully saturated rings. The maximum absolute atomic E-state index is 12.9. The number of amides is 2. The first-order chi connectivity index (χ1) is 17.5. The van der Waals surface area contributed by atoms with Crippen molar-refractivity contribution in [2.24, 2.45) is 0 Å². The molecule has 9 heteroatoms. The second-order valence-corrected chi connectivity index (χ2v) is 11.9. The van der Waals surface area contributed by atoms with Crippen molar-refractivity contribution in [1.82, 2.24) is 15.2 Å². The molecule has 2 aliphatic rings. The van der Waals surface area contributed by atoms with Gasteiger partial charge in [-0.05, 0) is 82.8 Å². The van der Waals surface area contributed by atoms with Crippen LogP contribution in [0.3, 0.4) is 0 Å². The minimum absolute atomic E-state index is 0.0865. The van der Waals surface area contributed by atoms with Crippen LogP contribution < -0.4 is 10.2 Å². The van der Waals surface area contributed by atoms with Gasteiger partial charge in [0.1, 0.15) is 11.4 Å². The maximum Gasteiger partial charge on any atom is 0.407 e. The highest BCUT2D eigenvalue weighted by molar-refractivity contribution is 6.42. The number of hydrogen-bond donors (Lipinski definition) is 1. The van der Waals surface area contributed by atoms with Crippen LogP contribution in [-0.2, 0) is 14.9 Å². The van der Waals surface area contributed by atoms with Crippen LogP contribution >= 0.6 is 23.2 Å². The summed E-state index contributed by atoms with van der Waals surface area (Å²) in [6.45, 7) is 8.80. The van der Waals surface area contributed by atoms with Gasteiger partial charge in [0.25, 0.3) is 0 Å². The molecule has 2 aliphatic heterocycles. The van der Waals surface area contributed by atoms with Gasteiger partial charge in [-0.1, -0.05) is 35.3 Å². The molecule has 2 aromatic rings. The Labute approximate surface area is 229 Å². The molecule has 2 amide bonds. The molecule has 1 aromatic heterocycles. The molecule has 0 saturated carbocycles. The molecule has 0 bridgehead atoms. The molecule has 7 nitrogen and oxygen atoms in total. The summed E-state index contributed by atoms with van der Waals surface area (Å²) in [4.78, 5) is 33.8. The van der Waals surface area contributed by atoms with Gasteiger partial charge in [0, 0.05) is 43.7 Å². The number of nitrogens with one attached hydrogen (secondary N) is 1. The lowest BCUT2D eigenvalue weighted by Gasteiger charge is -2.44. The van der Waals surface area contributed by atoms with Crippen molar-refractivity contribution in [3.63, 3.8) is 0 Å². The van der Waals surface area contributed by atoms with Gasteiger partial charge in [-0.15, -0.1) is 0 Å². The highest BCUT2D eigenvalue weighted by atomic mass is 35.5. The summed E-state index contributed by atoms with van der Waals surface area (Å²) < 4.78 is 5.41. The molecule has 3 heterocycles. The van der Waals surface area contributed by atoms with Gasteiger partial charge in [-0.25, -0.2) is 9.78 Å². The zero-order valence-electron chi connectivity index (χ0n) is 21.8. The molecule has 1 atom stereocenters. The maximum atomic E-state index is 12.9. The van der Waals surface area contributed by atoms with E-state index in [0.29, 0.717) is 28.8 Å². The van der Waals surface area contributed by atoms with Crippen LogP contribution in [0.15, 0.2) is 42.6 Å². The number of carbonyl (C=O) groups excluding carboxylic acids is 2. The molecular weight excluding hydrogens is 511 g/mol. The normalized spacial score (nSPS) is 21.6. The van der Waals surface area contributed by atoms with Crippen molar-refractivity contribution in [3.8, 4) is 0 Å². The van der Waals surface area contributed by atoms with E-state index in [-0.39, 0.29) is 23.5 Å². The summed E-state index contributed by atoms with van der Waals surface area (Å²) in [5.74, 6) is 0.758. The molecule has 2 saturated heterocycles. The lowest BCUT2D eigenvalue weighted by Crippen LogP contribution is -2.51. The summed E-state index contributed by atoms with van der Waals surface area (Å²) >= 11 is 12.7. The largest absolute Gasteiger partial charge is 0.444 e. The fourth-order valence-electron chi connectivity index (χ4n) is 5.23. The van der Waals surface area contributed by atoms with Crippen molar-refractivity contribution in [2.45, 2.75) is 69.9 Å². The molecule has 0 radical (unpaired) electrons. The number of piperidine rings is 2. The van der Waals surface area contributed by atoms with E-state index in [1.807, 2.05) is 62.1 Å². The lowest BCUT2D eigenvalue weighted by atomic mass is 9.71. The molecule has 0 spiro atoms. The third kappa shape index (κ3) is 7.15. The quantitative estimate of drug-likeness (QED) is 0.493. The number of aromatic nitrogens is 1. The highest BCUT2D eigenvalue weighted by Crippen LogP contribution is 2.41. The Morgan fingerprint density at radius 2 is 1.92 bits per heavy atom. The average Bonchev–Trinajstić information content (AvgIpc) is 2.85. The Morgan fingerprint density at radius 1 is 1.16 bits per heavy atom. The molecular formula is C28H36Cl2N4O3. The van der Waals surface area contributed by atoms with E-state index in [0.717, 1.165) is 50.9 Å². The first-order valence-electron chi connectivity index (χ1n) is 12.9. The van der Waals surface area contributed by atoms with Gasteiger partial charge < -0.3 is 15.0 Å². The Balaban J connectivity index is 1.45. The van der Waals surface area contributed by atoms with Gasteiger partial charge in [-0.2, -0.15) is 0 Å². The minimum Gasteiger partial charge on any atom is -0.444 e. The summed E-state index contributed by atoms with van der Waals surface area (Å²) in [6.07, 6.45) is 5.16. The number of pyridine rings is 1. The fraction of sp³-hybridized carbons (Fsp3) is 0.536. The second kappa shape index (κ2) is 11.6. The van der Waals surface area contributed by atoms with Gasteiger partial charge in [0.05, 0.1) is 10.0 Å².